The molecule has 1 atom stereocenters. The molecule has 2 N–H and O–H groups in total. The fourth-order valence-electron chi connectivity index (χ4n) is 2.64. The first-order chi connectivity index (χ1) is 12.7. The van der Waals surface area contributed by atoms with Crippen LogP contribution in [0.25, 0.3) is 0 Å². The molecular weight excluding hydrogens is 360 g/mol. The molecule has 9 heteroatoms. The lowest BCUT2D eigenvalue weighted by Gasteiger charge is -2.21. The Morgan fingerprint density at radius 1 is 1.37 bits per heavy atom. The third-order valence-electron chi connectivity index (χ3n) is 4.10. The number of rotatable bonds is 8. The van der Waals surface area contributed by atoms with Crippen LogP contribution < -0.4 is 15.4 Å². The van der Waals surface area contributed by atoms with Crippen molar-refractivity contribution in [2.24, 2.45) is 0 Å². The van der Waals surface area contributed by atoms with E-state index in [-0.39, 0.29) is 18.7 Å². The number of terminal acetylenes is 1. The van der Waals surface area contributed by atoms with Gasteiger partial charge in [-0.1, -0.05) is 18.1 Å². The van der Waals surface area contributed by atoms with E-state index in [4.69, 9.17) is 6.42 Å². The lowest BCUT2D eigenvalue weighted by Crippen LogP contribution is -2.45. The highest BCUT2D eigenvalue weighted by molar-refractivity contribution is 6.08. The van der Waals surface area contributed by atoms with Gasteiger partial charge in [-0.05, 0) is 37.5 Å². The Balaban J connectivity index is 1.96. The summed E-state index contributed by atoms with van der Waals surface area (Å²) in [5.74, 6) is 1.22. The molecule has 0 unspecified atom stereocenters. The first kappa shape index (κ1) is 20.2. The second-order valence-electron chi connectivity index (χ2n) is 6.16. The van der Waals surface area contributed by atoms with Crippen molar-refractivity contribution in [2.45, 2.75) is 31.9 Å². The molecule has 27 heavy (non-hydrogen) atoms. The molecule has 1 aliphatic rings. The number of nitrogens with zero attached hydrogens (tertiary/aromatic N) is 1. The van der Waals surface area contributed by atoms with E-state index in [1.807, 2.05) is 0 Å². The molecule has 0 saturated carbocycles. The number of benzene rings is 1. The van der Waals surface area contributed by atoms with Crippen LogP contribution in [0.4, 0.5) is 13.6 Å². The molecule has 1 aromatic carbocycles. The number of hydrogen-bond donors (Lipinski definition) is 2. The maximum absolute atomic E-state index is 12.6. The summed E-state index contributed by atoms with van der Waals surface area (Å²) in [6.45, 7) is -1.74. The number of hydrogen-bond acceptors (Lipinski definition) is 4. The lowest BCUT2D eigenvalue weighted by molar-refractivity contribution is -0.134. The third kappa shape index (κ3) is 5.17. The van der Waals surface area contributed by atoms with E-state index in [0.29, 0.717) is 6.42 Å². The van der Waals surface area contributed by atoms with Crippen molar-refractivity contribution in [1.29, 1.82) is 0 Å². The molecule has 0 bridgehead atoms. The Kier molecular flexibility index (Phi) is 6.34. The quantitative estimate of drug-likeness (QED) is 0.526. The number of aryl methyl sites for hydroxylation is 1. The minimum absolute atomic E-state index is 0.00498. The van der Waals surface area contributed by atoms with Crippen molar-refractivity contribution in [3.8, 4) is 18.1 Å². The van der Waals surface area contributed by atoms with Gasteiger partial charge in [0, 0.05) is 0 Å². The zero-order valence-electron chi connectivity index (χ0n) is 14.6. The van der Waals surface area contributed by atoms with Crippen LogP contribution in [0.3, 0.4) is 0 Å². The molecule has 7 nitrogen and oxygen atoms in total. The first-order valence-electron chi connectivity index (χ1n) is 8.13. The van der Waals surface area contributed by atoms with Crippen LogP contribution in [0, 0.1) is 12.3 Å². The van der Waals surface area contributed by atoms with Crippen LogP contribution in [0.1, 0.15) is 18.9 Å². The number of carbonyl (C=O) groups is 3. The van der Waals surface area contributed by atoms with Gasteiger partial charge in [0.05, 0.1) is 6.54 Å². The van der Waals surface area contributed by atoms with E-state index in [1.54, 1.807) is 19.1 Å². The zero-order chi connectivity index (χ0) is 20.0. The van der Waals surface area contributed by atoms with Crippen molar-refractivity contribution in [3.63, 3.8) is 0 Å². The highest BCUT2D eigenvalue weighted by Crippen LogP contribution is 2.24. The van der Waals surface area contributed by atoms with E-state index in [2.05, 4.69) is 21.3 Å². The third-order valence-corrected chi connectivity index (χ3v) is 4.10. The average molecular weight is 379 g/mol. The number of ether oxygens (including phenoxy) is 1. The topological polar surface area (TPSA) is 87.7 Å². The molecule has 4 amide bonds. The Bertz CT molecular complexity index is 761. The van der Waals surface area contributed by atoms with Crippen LogP contribution in [0.5, 0.6) is 5.75 Å². The van der Waals surface area contributed by atoms with Gasteiger partial charge in [-0.25, -0.2) is 4.79 Å². The van der Waals surface area contributed by atoms with Crippen LogP contribution in [0.2, 0.25) is 0 Å². The molecule has 1 fully saturated rings. The van der Waals surface area contributed by atoms with E-state index in [1.165, 1.54) is 12.1 Å². The number of nitrogens with one attached hydrogen (secondary N) is 2. The average Bonchev–Trinajstić information content (AvgIpc) is 2.82. The van der Waals surface area contributed by atoms with Crippen molar-refractivity contribution in [2.75, 3.05) is 13.1 Å². The van der Waals surface area contributed by atoms with E-state index >= 15 is 0 Å². The summed E-state index contributed by atoms with van der Waals surface area (Å²) in [6, 6.07) is 5.36. The number of urea groups is 1. The highest BCUT2D eigenvalue weighted by Gasteiger charge is 2.47. The molecule has 1 saturated heterocycles. The molecule has 0 radical (unpaired) electrons. The Hall–Kier alpha value is -3.15. The summed E-state index contributed by atoms with van der Waals surface area (Å²) in [5, 5.41) is 4.98. The summed E-state index contributed by atoms with van der Waals surface area (Å²) in [6.07, 6.45) is 5.73. The van der Waals surface area contributed by atoms with E-state index < -0.39 is 36.5 Å². The molecule has 0 aliphatic carbocycles. The van der Waals surface area contributed by atoms with E-state index in [0.717, 1.165) is 10.5 Å². The van der Waals surface area contributed by atoms with Gasteiger partial charge in [0.1, 0.15) is 17.8 Å². The Labute approximate surface area is 155 Å². The minimum Gasteiger partial charge on any atom is -0.435 e. The molecule has 1 aromatic rings. The lowest BCUT2D eigenvalue weighted by atomic mass is 9.93. The largest absolute Gasteiger partial charge is 0.435 e. The van der Waals surface area contributed by atoms with Gasteiger partial charge in [0.2, 0.25) is 5.91 Å². The first-order valence-corrected chi connectivity index (χ1v) is 8.13. The molecular formula is C18H19F2N3O4. The Morgan fingerprint density at radius 3 is 2.63 bits per heavy atom. The van der Waals surface area contributed by atoms with Crippen LogP contribution in [-0.2, 0) is 16.0 Å². The monoisotopic (exact) mass is 379 g/mol. The smallest absolute Gasteiger partial charge is 0.387 e. The standard InChI is InChI=1S/C18H19F2N3O4/c1-3-10-21-14(24)11-23-15(25)18(2,22-17(23)26)9-8-12-4-6-13(7-5-12)27-16(19)20/h1,4-7,16H,8-11H2,2H3,(H,21,24)(H,22,26)/t18-/m1/s1. The van der Waals surface area contributed by atoms with Crippen molar-refractivity contribution in [1.82, 2.24) is 15.5 Å². The SMILES string of the molecule is C#CCNC(=O)CN1C(=O)N[C@](C)(CCc2ccc(OC(F)F)cc2)C1=O. The van der Waals surface area contributed by atoms with Crippen LogP contribution in [-0.4, -0.2) is 48.0 Å². The van der Waals surface area contributed by atoms with Crippen LogP contribution >= 0.6 is 0 Å². The number of halogens is 2. The Morgan fingerprint density at radius 2 is 2.04 bits per heavy atom. The highest BCUT2D eigenvalue weighted by atomic mass is 19.3. The second-order valence-corrected chi connectivity index (χ2v) is 6.16. The van der Waals surface area contributed by atoms with Gasteiger partial charge >= 0.3 is 12.6 Å². The van der Waals surface area contributed by atoms with Gasteiger partial charge in [-0.15, -0.1) is 6.42 Å². The predicted molar refractivity (Wildman–Crippen MR) is 91.9 cm³/mol. The van der Waals surface area contributed by atoms with Crippen molar-refractivity contribution >= 4 is 17.8 Å². The number of amides is 4. The maximum atomic E-state index is 12.6. The molecule has 0 spiro atoms. The minimum atomic E-state index is -2.90. The predicted octanol–water partition coefficient (Wildman–Crippen LogP) is 1.28. The number of alkyl halides is 2. The number of carbonyl (C=O) groups excluding carboxylic acids is 3. The second kappa shape index (κ2) is 8.49. The van der Waals surface area contributed by atoms with E-state index in [9.17, 15) is 23.2 Å². The van der Waals surface area contributed by atoms with Gasteiger partial charge < -0.3 is 15.4 Å². The van der Waals surface area contributed by atoms with Gasteiger partial charge in [-0.2, -0.15) is 8.78 Å². The normalized spacial score (nSPS) is 19.0. The van der Waals surface area contributed by atoms with Crippen LogP contribution in [0.15, 0.2) is 24.3 Å². The van der Waals surface area contributed by atoms with Gasteiger partial charge in [-0.3, -0.25) is 14.5 Å². The summed E-state index contributed by atoms with van der Waals surface area (Å²) in [4.78, 5) is 37.2. The molecule has 0 aromatic heterocycles. The van der Waals surface area contributed by atoms with Crippen molar-refractivity contribution < 1.29 is 27.9 Å². The van der Waals surface area contributed by atoms with Crippen molar-refractivity contribution in [3.05, 3.63) is 29.8 Å². The molecule has 2 rings (SSSR count). The fraction of sp³-hybridized carbons (Fsp3) is 0.389. The summed E-state index contributed by atoms with van der Waals surface area (Å²) < 4.78 is 28.6. The summed E-state index contributed by atoms with van der Waals surface area (Å²) in [7, 11) is 0. The molecule has 144 valence electrons. The zero-order valence-corrected chi connectivity index (χ0v) is 14.6. The number of imide groups is 1. The van der Waals surface area contributed by atoms with Gasteiger partial charge in [0.15, 0.2) is 0 Å². The molecule has 1 heterocycles. The summed E-state index contributed by atoms with van der Waals surface area (Å²) >= 11 is 0. The fourth-order valence-corrected chi connectivity index (χ4v) is 2.64. The summed E-state index contributed by atoms with van der Waals surface area (Å²) in [5.41, 5.74) is -0.383. The maximum Gasteiger partial charge on any atom is 0.387 e. The van der Waals surface area contributed by atoms with Gasteiger partial charge in [0.25, 0.3) is 5.91 Å². The molecule has 1 aliphatic heterocycles.